The highest BCUT2D eigenvalue weighted by atomic mass is 32.2. The zero-order valence-corrected chi connectivity index (χ0v) is 13.7. The Morgan fingerprint density at radius 2 is 2.00 bits per heavy atom. The maximum absolute atomic E-state index is 12.1. The first-order valence-electron chi connectivity index (χ1n) is 7.51. The van der Waals surface area contributed by atoms with E-state index in [1.807, 2.05) is 18.2 Å². The van der Waals surface area contributed by atoms with E-state index < -0.39 is 14.8 Å². The van der Waals surface area contributed by atoms with Gasteiger partial charge in [0, 0.05) is 5.92 Å². The fourth-order valence-electron chi connectivity index (χ4n) is 2.95. The van der Waals surface area contributed by atoms with E-state index in [9.17, 15) is 8.42 Å². The van der Waals surface area contributed by atoms with Crippen molar-refractivity contribution in [3.8, 4) is 0 Å². The second kappa shape index (κ2) is 5.93. The molecule has 0 aromatic heterocycles. The number of allylic oxidation sites excluding steroid dienone is 1. The molecular formula is C17H25NO2S. The van der Waals surface area contributed by atoms with E-state index in [1.165, 1.54) is 18.4 Å². The van der Waals surface area contributed by atoms with Crippen molar-refractivity contribution in [3.05, 3.63) is 48.0 Å². The Kier molecular flexibility index (Phi) is 4.59. The summed E-state index contributed by atoms with van der Waals surface area (Å²) in [7, 11) is -3.64. The van der Waals surface area contributed by atoms with E-state index in [0.717, 1.165) is 18.4 Å². The lowest BCUT2D eigenvalue weighted by Gasteiger charge is -2.34. The number of primary sulfonamides is 1. The van der Waals surface area contributed by atoms with Gasteiger partial charge < -0.3 is 0 Å². The molecule has 116 valence electrons. The molecule has 2 rings (SSSR count). The van der Waals surface area contributed by atoms with Crippen molar-refractivity contribution in [3.63, 3.8) is 0 Å². The molecule has 1 atom stereocenters. The van der Waals surface area contributed by atoms with E-state index >= 15 is 0 Å². The summed E-state index contributed by atoms with van der Waals surface area (Å²) in [6.45, 7) is 7.23. The Labute approximate surface area is 128 Å². The molecule has 21 heavy (non-hydrogen) atoms. The van der Waals surface area contributed by atoms with E-state index in [4.69, 9.17) is 5.14 Å². The summed E-state index contributed by atoms with van der Waals surface area (Å²) in [4.78, 5) is 0. The Hall–Kier alpha value is -1.13. The Morgan fingerprint density at radius 1 is 1.38 bits per heavy atom. The Morgan fingerprint density at radius 3 is 2.52 bits per heavy atom. The molecule has 1 fully saturated rings. The highest BCUT2D eigenvalue weighted by Crippen LogP contribution is 2.47. The molecule has 1 aliphatic rings. The maximum atomic E-state index is 12.1. The highest BCUT2D eigenvalue weighted by molar-refractivity contribution is 7.90. The smallest absolute Gasteiger partial charge is 0.214 e. The normalized spacial score (nSPS) is 17.5. The number of hydrogen-bond acceptors (Lipinski definition) is 2. The number of benzene rings is 1. The van der Waals surface area contributed by atoms with Gasteiger partial charge in [0.05, 0.1) is 4.75 Å². The third-order valence-corrected chi connectivity index (χ3v) is 6.37. The Balaban J connectivity index is 2.48. The van der Waals surface area contributed by atoms with Gasteiger partial charge in [0.25, 0.3) is 0 Å². The second-order valence-corrected chi connectivity index (χ2v) is 8.61. The molecule has 1 aromatic carbocycles. The van der Waals surface area contributed by atoms with Crippen LogP contribution in [0.2, 0.25) is 0 Å². The second-order valence-electron chi connectivity index (χ2n) is 6.47. The molecule has 1 saturated carbocycles. The molecule has 0 bridgehead atoms. The molecule has 0 aliphatic heterocycles. The molecule has 0 radical (unpaired) electrons. The number of hydrogen-bond donors (Lipinski definition) is 1. The first-order chi connectivity index (χ1) is 9.79. The maximum Gasteiger partial charge on any atom is 0.214 e. The summed E-state index contributed by atoms with van der Waals surface area (Å²) in [5.41, 5.74) is 2.43. The lowest BCUT2D eigenvalue weighted by Crippen LogP contribution is -2.43. The molecule has 0 heterocycles. The van der Waals surface area contributed by atoms with Gasteiger partial charge in [0.2, 0.25) is 10.0 Å². The van der Waals surface area contributed by atoms with Crippen LogP contribution in [0, 0.1) is 0 Å². The molecule has 0 saturated heterocycles. The van der Waals surface area contributed by atoms with E-state index in [2.05, 4.69) is 18.7 Å². The lowest BCUT2D eigenvalue weighted by molar-refractivity contribution is 0.463. The summed E-state index contributed by atoms with van der Waals surface area (Å²) in [5, 5.41) is 5.51. The molecule has 0 spiro atoms. The van der Waals surface area contributed by atoms with Crippen LogP contribution < -0.4 is 5.14 Å². The van der Waals surface area contributed by atoms with Crippen LogP contribution in [0.4, 0.5) is 0 Å². The minimum absolute atomic E-state index is 0.109. The van der Waals surface area contributed by atoms with Crippen molar-refractivity contribution < 1.29 is 8.42 Å². The molecule has 4 heteroatoms. The van der Waals surface area contributed by atoms with Gasteiger partial charge in [-0.2, -0.15) is 0 Å². The van der Waals surface area contributed by atoms with Crippen molar-refractivity contribution in [2.24, 2.45) is 5.14 Å². The summed E-state index contributed by atoms with van der Waals surface area (Å²) >= 11 is 0. The van der Waals surface area contributed by atoms with Crippen LogP contribution in [-0.4, -0.2) is 13.2 Å². The highest BCUT2D eigenvalue weighted by Gasteiger charge is 2.42. The molecule has 3 nitrogen and oxygen atoms in total. The first kappa shape index (κ1) is 16.2. The van der Waals surface area contributed by atoms with Gasteiger partial charge >= 0.3 is 0 Å². The zero-order chi connectivity index (χ0) is 15.7. The van der Waals surface area contributed by atoms with Crippen LogP contribution in [0.1, 0.15) is 62.5 Å². The van der Waals surface area contributed by atoms with Gasteiger partial charge in [-0.25, -0.2) is 13.6 Å². The summed E-state index contributed by atoms with van der Waals surface area (Å²) in [6, 6.07) is 8.22. The molecule has 1 aliphatic carbocycles. The quantitative estimate of drug-likeness (QED) is 0.781. The summed E-state index contributed by atoms with van der Waals surface area (Å²) in [6.07, 6.45) is 5.76. The Bertz CT molecular complexity index is 615. The topological polar surface area (TPSA) is 60.2 Å². The largest absolute Gasteiger partial charge is 0.228 e. The fourth-order valence-corrected chi connectivity index (χ4v) is 3.60. The van der Waals surface area contributed by atoms with Gasteiger partial charge in [0.15, 0.2) is 0 Å². The molecule has 2 N–H and O–H groups in total. The van der Waals surface area contributed by atoms with Crippen molar-refractivity contribution >= 4 is 10.0 Å². The van der Waals surface area contributed by atoms with Crippen molar-refractivity contribution in [1.29, 1.82) is 0 Å². The molecular weight excluding hydrogens is 282 g/mol. The predicted octanol–water partition coefficient (Wildman–Crippen LogP) is 3.68. The van der Waals surface area contributed by atoms with Gasteiger partial charge in [-0.3, -0.25) is 0 Å². The van der Waals surface area contributed by atoms with E-state index in [-0.39, 0.29) is 5.92 Å². The average molecular weight is 307 g/mol. The molecule has 1 aromatic rings. The molecule has 1 unspecified atom stereocenters. The van der Waals surface area contributed by atoms with Crippen LogP contribution in [0.5, 0.6) is 0 Å². The number of rotatable bonds is 7. The minimum atomic E-state index is -3.64. The van der Waals surface area contributed by atoms with Crippen LogP contribution in [-0.2, 0) is 10.0 Å². The van der Waals surface area contributed by atoms with Crippen molar-refractivity contribution in [2.45, 2.75) is 56.1 Å². The van der Waals surface area contributed by atoms with E-state index in [1.54, 1.807) is 13.8 Å². The molecule has 0 amide bonds. The fraction of sp³-hybridized carbons (Fsp3) is 0.529. The van der Waals surface area contributed by atoms with Gasteiger partial charge in [-0.15, -0.1) is 6.58 Å². The predicted molar refractivity (Wildman–Crippen MR) is 87.8 cm³/mol. The van der Waals surface area contributed by atoms with Crippen molar-refractivity contribution in [1.82, 2.24) is 0 Å². The van der Waals surface area contributed by atoms with Gasteiger partial charge in [-0.05, 0) is 56.6 Å². The van der Waals surface area contributed by atoms with Crippen molar-refractivity contribution in [2.75, 3.05) is 0 Å². The average Bonchev–Trinajstić information content (AvgIpc) is 3.22. The van der Waals surface area contributed by atoms with Crippen LogP contribution in [0.3, 0.4) is 0 Å². The summed E-state index contributed by atoms with van der Waals surface area (Å²) < 4.78 is 23.2. The minimum Gasteiger partial charge on any atom is -0.228 e. The third-order valence-electron chi connectivity index (χ3n) is 4.62. The zero-order valence-electron chi connectivity index (χ0n) is 12.9. The van der Waals surface area contributed by atoms with E-state index in [0.29, 0.717) is 5.92 Å². The first-order valence-corrected chi connectivity index (χ1v) is 9.05. The standard InChI is InChI=1S/C17H25NO2S/c1-4-5-10-16(17(2,3)21(18,19)20)15-9-7-6-8-14(15)13-11-12-13/h4,6-9,13,16H,1,5,10-12H2,2-3H3,(H2,18,19,20). The van der Waals surface area contributed by atoms with Gasteiger partial charge in [0.1, 0.15) is 0 Å². The van der Waals surface area contributed by atoms with Crippen LogP contribution >= 0.6 is 0 Å². The van der Waals surface area contributed by atoms with Crippen LogP contribution in [0.15, 0.2) is 36.9 Å². The number of nitrogens with two attached hydrogens (primary N) is 1. The SMILES string of the molecule is C=CCCC(c1ccccc1C1CC1)C(C)(C)S(N)(=O)=O. The third kappa shape index (κ3) is 3.38. The van der Waals surface area contributed by atoms with Gasteiger partial charge in [-0.1, -0.05) is 30.3 Å². The number of sulfonamides is 1. The summed E-state index contributed by atoms with van der Waals surface area (Å²) in [5.74, 6) is 0.478. The monoisotopic (exact) mass is 307 g/mol. The lowest BCUT2D eigenvalue weighted by atomic mass is 9.81. The van der Waals surface area contributed by atoms with Crippen LogP contribution in [0.25, 0.3) is 0 Å².